The van der Waals surface area contributed by atoms with E-state index in [2.05, 4.69) is 13.8 Å². The van der Waals surface area contributed by atoms with Gasteiger partial charge in [-0.2, -0.15) is 0 Å². The highest BCUT2D eigenvalue weighted by molar-refractivity contribution is 4.51. The molecule has 0 aliphatic carbocycles. The molecule has 0 heterocycles. The molecular weight excluding hydrogens is 264 g/mol. The van der Waals surface area contributed by atoms with Crippen molar-refractivity contribution in [2.75, 3.05) is 39.6 Å². The van der Waals surface area contributed by atoms with E-state index < -0.39 is 6.10 Å². The van der Waals surface area contributed by atoms with Crippen LogP contribution < -0.4 is 0 Å². The summed E-state index contributed by atoms with van der Waals surface area (Å²) >= 11 is 0. The van der Waals surface area contributed by atoms with Crippen LogP contribution >= 0.6 is 0 Å². The zero-order valence-corrected chi connectivity index (χ0v) is 12.8. The first-order valence-electron chi connectivity index (χ1n) is 7.36. The minimum atomic E-state index is -0.711. The maximum absolute atomic E-state index is 8.78. The highest BCUT2D eigenvalue weighted by Gasteiger charge is 2.03. The maximum atomic E-state index is 8.78. The Bertz CT molecular complexity index is 164. The van der Waals surface area contributed by atoms with Gasteiger partial charge < -0.3 is 29.9 Å². The molecule has 0 bridgehead atoms. The second-order valence-electron chi connectivity index (χ2n) is 4.48. The molecule has 0 saturated carbocycles. The zero-order chi connectivity index (χ0) is 15.6. The van der Waals surface area contributed by atoms with E-state index in [0.717, 1.165) is 25.7 Å². The van der Waals surface area contributed by atoms with Gasteiger partial charge in [0.15, 0.2) is 0 Å². The lowest BCUT2D eigenvalue weighted by Crippen LogP contribution is -2.22. The summed E-state index contributed by atoms with van der Waals surface area (Å²) in [6.07, 6.45) is 3.07. The normalized spacial score (nSPS) is 12.2. The van der Waals surface area contributed by atoms with Crippen molar-refractivity contribution in [2.45, 2.75) is 51.7 Å². The third kappa shape index (κ3) is 17.8. The Hall–Kier alpha value is -0.240. The van der Waals surface area contributed by atoms with Crippen molar-refractivity contribution in [1.82, 2.24) is 0 Å². The monoisotopic (exact) mass is 296 g/mol. The Morgan fingerprint density at radius 3 is 1.85 bits per heavy atom. The molecule has 4 N–H and O–H groups in total. The smallest absolute Gasteiger partial charge is 0.104 e. The largest absolute Gasteiger partial charge is 0.394 e. The van der Waals surface area contributed by atoms with Crippen LogP contribution in [0.2, 0.25) is 0 Å². The van der Waals surface area contributed by atoms with E-state index in [4.69, 9.17) is 29.9 Å². The third-order valence-electron chi connectivity index (χ3n) is 2.42. The van der Waals surface area contributed by atoms with Crippen molar-refractivity contribution in [3.63, 3.8) is 0 Å². The SMILES string of the molecule is CCCCOC(CO)CO.CCCCOCC(O)CO. The summed E-state index contributed by atoms with van der Waals surface area (Å²) in [6.45, 7) is 5.28. The first kappa shape index (κ1) is 22.0. The van der Waals surface area contributed by atoms with Crippen LogP contribution in [0.3, 0.4) is 0 Å². The topological polar surface area (TPSA) is 99.4 Å². The molecule has 0 rings (SSSR count). The van der Waals surface area contributed by atoms with Gasteiger partial charge in [-0.3, -0.25) is 0 Å². The summed E-state index contributed by atoms with van der Waals surface area (Å²) in [6, 6.07) is 0. The summed E-state index contributed by atoms with van der Waals surface area (Å²) in [7, 11) is 0. The van der Waals surface area contributed by atoms with Gasteiger partial charge in [0, 0.05) is 13.2 Å². The fourth-order valence-electron chi connectivity index (χ4n) is 1.08. The molecule has 124 valence electrons. The number of aliphatic hydroxyl groups is 4. The number of hydrogen-bond donors (Lipinski definition) is 4. The van der Waals surface area contributed by atoms with Gasteiger partial charge in [-0.1, -0.05) is 26.7 Å². The second kappa shape index (κ2) is 18.8. The standard InChI is InChI=1S/2C7H16O3/c1-2-3-4-10-6-7(9)5-8;1-2-3-4-10-7(5-8)6-9/h2*7-9H,2-6H2,1H3. The first-order valence-corrected chi connectivity index (χ1v) is 7.36. The molecular formula is C14H32O6. The molecule has 1 unspecified atom stereocenters. The fraction of sp³-hybridized carbons (Fsp3) is 1.00. The number of hydrogen-bond acceptors (Lipinski definition) is 6. The van der Waals surface area contributed by atoms with Crippen molar-refractivity contribution >= 4 is 0 Å². The van der Waals surface area contributed by atoms with Gasteiger partial charge in [-0.15, -0.1) is 0 Å². The lowest BCUT2D eigenvalue weighted by Gasteiger charge is -2.11. The van der Waals surface area contributed by atoms with Gasteiger partial charge in [-0.25, -0.2) is 0 Å². The highest BCUT2D eigenvalue weighted by Crippen LogP contribution is 1.93. The van der Waals surface area contributed by atoms with Gasteiger partial charge in [0.05, 0.1) is 26.4 Å². The molecule has 0 aromatic carbocycles. The summed E-state index contributed by atoms with van der Waals surface area (Å²) < 4.78 is 10.1. The van der Waals surface area contributed by atoms with Crippen molar-refractivity contribution in [1.29, 1.82) is 0 Å². The Kier molecular flexibility index (Phi) is 20.7. The molecule has 0 aliphatic heterocycles. The molecule has 0 aromatic rings. The van der Waals surface area contributed by atoms with Gasteiger partial charge in [0.25, 0.3) is 0 Å². The predicted molar refractivity (Wildman–Crippen MR) is 77.6 cm³/mol. The van der Waals surface area contributed by atoms with Crippen molar-refractivity contribution in [3.8, 4) is 0 Å². The van der Waals surface area contributed by atoms with Crippen LogP contribution in [0.4, 0.5) is 0 Å². The van der Waals surface area contributed by atoms with E-state index in [0.29, 0.717) is 13.2 Å². The molecule has 0 spiro atoms. The maximum Gasteiger partial charge on any atom is 0.104 e. The Morgan fingerprint density at radius 2 is 1.40 bits per heavy atom. The van der Waals surface area contributed by atoms with Crippen LogP contribution in [0.15, 0.2) is 0 Å². The number of unbranched alkanes of at least 4 members (excludes halogenated alkanes) is 2. The summed E-state index contributed by atoms with van der Waals surface area (Å²) in [5.41, 5.74) is 0. The van der Waals surface area contributed by atoms with E-state index in [9.17, 15) is 0 Å². The number of rotatable bonds is 12. The van der Waals surface area contributed by atoms with Crippen molar-refractivity contribution in [3.05, 3.63) is 0 Å². The third-order valence-corrected chi connectivity index (χ3v) is 2.42. The van der Waals surface area contributed by atoms with E-state index in [1.54, 1.807) is 0 Å². The van der Waals surface area contributed by atoms with E-state index in [1.807, 2.05) is 0 Å². The molecule has 0 fully saturated rings. The predicted octanol–water partition coefficient (Wildman–Crippen LogP) is 0.313. The van der Waals surface area contributed by atoms with Crippen LogP contribution in [0.1, 0.15) is 39.5 Å². The molecule has 6 heteroatoms. The molecule has 0 aromatic heterocycles. The van der Waals surface area contributed by atoms with Crippen LogP contribution in [-0.4, -0.2) is 72.3 Å². The fourth-order valence-corrected chi connectivity index (χ4v) is 1.08. The van der Waals surface area contributed by atoms with Crippen LogP contribution in [-0.2, 0) is 9.47 Å². The Morgan fingerprint density at radius 1 is 0.850 bits per heavy atom. The van der Waals surface area contributed by atoms with Gasteiger partial charge >= 0.3 is 0 Å². The molecule has 20 heavy (non-hydrogen) atoms. The molecule has 6 nitrogen and oxygen atoms in total. The van der Waals surface area contributed by atoms with Gasteiger partial charge in [0.1, 0.15) is 12.2 Å². The van der Waals surface area contributed by atoms with Crippen LogP contribution in [0.5, 0.6) is 0 Å². The molecule has 0 amide bonds. The van der Waals surface area contributed by atoms with Gasteiger partial charge in [-0.05, 0) is 12.8 Å². The van der Waals surface area contributed by atoms with Crippen LogP contribution in [0.25, 0.3) is 0 Å². The lowest BCUT2D eigenvalue weighted by molar-refractivity contribution is -0.0204. The second-order valence-corrected chi connectivity index (χ2v) is 4.48. The van der Waals surface area contributed by atoms with Crippen molar-refractivity contribution < 1.29 is 29.9 Å². The molecule has 0 aliphatic rings. The number of ether oxygens (including phenoxy) is 2. The minimum absolute atomic E-state index is 0.0970. The minimum Gasteiger partial charge on any atom is -0.394 e. The average molecular weight is 296 g/mol. The van der Waals surface area contributed by atoms with E-state index >= 15 is 0 Å². The zero-order valence-electron chi connectivity index (χ0n) is 12.8. The van der Waals surface area contributed by atoms with Crippen molar-refractivity contribution in [2.24, 2.45) is 0 Å². The highest BCUT2D eigenvalue weighted by atomic mass is 16.5. The molecule has 0 saturated heterocycles. The van der Waals surface area contributed by atoms with Crippen LogP contribution in [0, 0.1) is 0 Å². The van der Waals surface area contributed by atoms with Gasteiger partial charge in [0.2, 0.25) is 0 Å². The first-order chi connectivity index (χ1) is 9.65. The quantitative estimate of drug-likeness (QED) is 0.387. The Balaban J connectivity index is 0. The number of aliphatic hydroxyl groups excluding tert-OH is 4. The summed E-state index contributed by atoms with van der Waals surface area (Å²) in [4.78, 5) is 0. The average Bonchev–Trinajstić information content (AvgIpc) is 2.48. The van der Waals surface area contributed by atoms with E-state index in [-0.39, 0.29) is 32.5 Å². The summed E-state index contributed by atoms with van der Waals surface area (Å²) in [5.74, 6) is 0. The summed E-state index contributed by atoms with van der Waals surface area (Å²) in [5, 5.41) is 34.2. The Labute approximate surface area is 122 Å². The molecule has 1 atom stereocenters. The lowest BCUT2D eigenvalue weighted by atomic mass is 10.3. The van der Waals surface area contributed by atoms with E-state index in [1.165, 1.54) is 0 Å². The molecule has 0 radical (unpaired) electrons.